The maximum atomic E-state index is 6.36. The first-order valence-electron chi connectivity index (χ1n) is 7.74. The lowest BCUT2D eigenvalue weighted by molar-refractivity contribution is 0.173. The van der Waals surface area contributed by atoms with Crippen molar-refractivity contribution in [1.82, 2.24) is 0 Å². The maximum absolute atomic E-state index is 6.36. The molecule has 2 unspecified atom stereocenters. The lowest BCUT2D eigenvalue weighted by Gasteiger charge is -2.23. The molecule has 0 aromatic rings. The third-order valence-corrected chi connectivity index (χ3v) is 6.45. The molecule has 1 saturated heterocycles. The summed E-state index contributed by atoms with van der Waals surface area (Å²) in [6.45, 7) is 0. The van der Waals surface area contributed by atoms with Crippen LogP contribution in [0, 0.1) is 0 Å². The van der Waals surface area contributed by atoms with Gasteiger partial charge in [0.05, 0.1) is 6.10 Å². The second-order valence-electron chi connectivity index (χ2n) is 6.11. The van der Waals surface area contributed by atoms with E-state index in [0.29, 0.717) is 12.3 Å². The van der Waals surface area contributed by atoms with Gasteiger partial charge in [0.1, 0.15) is 0 Å². The van der Waals surface area contributed by atoms with E-state index in [1.807, 2.05) is 0 Å². The first-order chi connectivity index (χ1) is 8.43. The largest absolute Gasteiger partial charge is 0.421 e. The number of hydrogen-bond donors (Lipinski definition) is 0. The Morgan fingerprint density at radius 3 is 2.18 bits per heavy atom. The minimum atomic E-state index is 0.557. The van der Waals surface area contributed by atoms with Crippen molar-refractivity contribution >= 4 is 17.8 Å². The van der Waals surface area contributed by atoms with Crippen molar-refractivity contribution in [2.24, 2.45) is 0 Å². The maximum Gasteiger partial charge on any atom is 0.365 e. The van der Waals surface area contributed by atoms with E-state index in [4.69, 9.17) is 4.65 Å². The summed E-state index contributed by atoms with van der Waals surface area (Å²) in [5, 5.41) is 0.846. The van der Waals surface area contributed by atoms with Crippen LogP contribution >= 0.6 is 11.6 Å². The summed E-state index contributed by atoms with van der Waals surface area (Å²) >= 11 is 2.19. The summed E-state index contributed by atoms with van der Waals surface area (Å²) in [6, 6.07) is 0. The Hall–Kier alpha value is 0.375. The highest BCUT2D eigenvalue weighted by Gasteiger charge is 2.43. The number of fused-ring (bicyclic) bond motifs is 1. The Balaban J connectivity index is 1.56. The molecule has 0 aromatic heterocycles. The average Bonchev–Trinajstić information content (AvgIpc) is 2.71. The van der Waals surface area contributed by atoms with Crippen LogP contribution in [-0.2, 0) is 4.65 Å². The molecule has 0 amide bonds. The van der Waals surface area contributed by atoms with Gasteiger partial charge in [-0.05, 0) is 18.7 Å². The van der Waals surface area contributed by atoms with Crippen molar-refractivity contribution < 1.29 is 4.65 Å². The minimum absolute atomic E-state index is 0.557. The van der Waals surface area contributed by atoms with Crippen molar-refractivity contribution in [2.75, 3.05) is 0 Å². The molecule has 3 heteroatoms. The van der Waals surface area contributed by atoms with Crippen LogP contribution in [0.1, 0.15) is 70.6 Å². The van der Waals surface area contributed by atoms with Gasteiger partial charge in [0, 0.05) is 5.25 Å². The summed E-state index contributed by atoms with van der Waals surface area (Å²) in [5.41, 5.74) is 0. The molecule has 0 bridgehead atoms. The van der Waals surface area contributed by atoms with Crippen molar-refractivity contribution in [2.45, 2.75) is 87.8 Å². The topological polar surface area (TPSA) is 9.23 Å². The molecule has 1 heterocycles. The standard InChI is InChI=1S/C14H25BOS/c1-2-4-8-12(9-5-3-1)15-16-13-10-6-7-11-14(13)17-15/h12-14H,1-11H2. The molecule has 0 radical (unpaired) electrons. The van der Waals surface area contributed by atoms with E-state index in [2.05, 4.69) is 11.6 Å². The molecule has 0 N–H and O–H groups in total. The van der Waals surface area contributed by atoms with Crippen LogP contribution in [0.2, 0.25) is 5.82 Å². The Kier molecular flexibility index (Phi) is 4.39. The molecule has 2 aliphatic carbocycles. The van der Waals surface area contributed by atoms with Gasteiger partial charge in [0.25, 0.3) is 0 Å². The SMILES string of the molecule is C1CCCC(B2OC3CCCCC3S2)CCC1. The first kappa shape index (κ1) is 12.4. The molecule has 96 valence electrons. The lowest BCUT2D eigenvalue weighted by atomic mass is 9.70. The third kappa shape index (κ3) is 3.04. The lowest BCUT2D eigenvalue weighted by Crippen LogP contribution is -2.25. The van der Waals surface area contributed by atoms with Crippen LogP contribution in [0.3, 0.4) is 0 Å². The molecule has 1 nitrogen and oxygen atoms in total. The highest BCUT2D eigenvalue weighted by molar-refractivity contribution is 8.25. The monoisotopic (exact) mass is 252 g/mol. The molecular formula is C14H25BOS. The molecule has 3 aliphatic rings. The molecule has 3 fully saturated rings. The molecule has 0 aromatic carbocycles. The van der Waals surface area contributed by atoms with Gasteiger partial charge in [-0.15, -0.1) is 0 Å². The smallest absolute Gasteiger partial charge is 0.365 e. The molecular weight excluding hydrogens is 227 g/mol. The highest BCUT2D eigenvalue weighted by atomic mass is 32.2. The Morgan fingerprint density at radius 2 is 1.41 bits per heavy atom. The van der Waals surface area contributed by atoms with Crippen molar-refractivity contribution in [1.29, 1.82) is 0 Å². The van der Waals surface area contributed by atoms with E-state index >= 15 is 0 Å². The van der Waals surface area contributed by atoms with E-state index in [0.717, 1.165) is 11.1 Å². The molecule has 2 atom stereocenters. The van der Waals surface area contributed by atoms with Crippen molar-refractivity contribution in [3.63, 3.8) is 0 Å². The number of rotatable bonds is 1. The fourth-order valence-corrected chi connectivity index (χ4v) is 5.46. The van der Waals surface area contributed by atoms with E-state index in [9.17, 15) is 0 Å². The van der Waals surface area contributed by atoms with E-state index < -0.39 is 0 Å². The van der Waals surface area contributed by atoms with Gasteiger partial charge in [0.15, 0.2) is 0 Å². The Bertz CT molecular complexity index is 226. The predicted molar refractivity (Wildman–Crippen MR) is 76.5 cm³/mol. The zero-order chi connectivity index (χ0) is 11.5. The van der Waals surface area contributed by atoms with Gasteiger partial charge in [-0.2, -0.15) is 11.6 Å². The van der Waals surface area contributed by atoms with Gasteiger partial charge >= 0.3 is 6.19 Å². The molecule has 3 rings (SSSR count). The van der Waals surface area contributed by atoms with Crippen LogP contribution in [0.25, 0.3) is 0 Å². The highest BCUT2D eigenvalue weighted by Crippen LogP contribution is 2.45. The summed E-state index contributed by atoms with van der Waals surface area (Å²) in [6.07, 6.45) is 16.9. The quantitative estimate of drug-likeness (QED) is 0.627. The second-order valence-corrected chi connectivity index (χ2v) is 7.45. The third-order valence-electron chi connectivity index (χ3n) is 4.79. The molecule has 1 aliphatic heterocycles. The molecule has 2 saturated carbocycles. The van der Waals surface area contributed by atoms with Crippen LogP contribution in [0.15, 0.2) is 0 Å². The van der Waals surface area contributed by atoms with Crippen molar-refractivity contribution in [3.05, 3.63) is 0 Å². The van der Waals surface area contributed by atoms with Crippen LogP contribution in [0.4, 0.5) is 0 Å². The summed E-state index contributed by atoms with van der Waals surface area (Å²) < 4.78 is 6.36. The first-order valence-corrected chi connectivity index (χ1v) is 8.69. The van der Waals surface area contributed by atoms with Gasteiger partial charge < -0.3 is 4.65 Å². The zero-order valence-electron chi connectivity index (χ0n) is 10.9. The Labute approximate surface area is 110 Å². The van der Waals surface area contributed by atoms with Crippen LogP contribution in [0.5, 0.6) is 0 Å². The molecule has 0 spiro atoms. The summed E-state index contributed by atoms with van der Waals surface area (Å²) in [4.78, 5) is 0. The minimum Gasteiger partial charge on any atom is -0.421 e. The normalized spacial score (nSPS) is 36.4. The van der Waals surface area contributed by atoms with Crippen LogP contribution in [-0.4, -0.2) is 17.5 Å². The van der Waals surface area contributed by atoms with Gasteiger partial charge in [0.2, 0.25) is 0 Å². The molecule has 17 heavy (non-hydrogen) atoms. The fraction of sp³-hybridized carbons (Fsp3) is 1.00. The zero-order valence-corrected chi connectivity index (χ0v) is 11.7. The van der Waals surface area contributed by atoms with Crippen LogP contribution < -0.4 is 0 Å². The van der Waals surface area contributed by atoms with E-state index in [-0.39, 0.29) is 0 Å². The van der Waals surface area contributed by atoms with Gasteiger partial charge in [-0.3, -0.25) is 0 Å². The fourth-order valence-electron chi connectivity index (χ4n) is 3.73. The second kappa shape index (κ2) is 6.01. The van der Waals surface area contributed by atoms with Gasteiger partial charge in [-0.25, -0.2) is 0 Å². The van der Waals surface area contributed by atoms with E-state index in [1.54, 1.807) is 0 Å². The Morgan fingerprint density at radius 1 is 0.765 bits per heavy atom. The number of hydrogen-bond acceptors (Lipinski definition) is 2. The summed E-state index contributed by atoms with van der Waals surface area (Å²) in [5.74, 6) is 0.867. The van der Waals surface area contributed by atoms with E-state index in [1.165, 1.54) is 70.6 Å². The summed E-state index contributed by atoms with van der Waals surface area (Å²) in [7, 11) is 0. The van der Waals surface area contributed by atoms with Gasteiger partial charge in [-0.1, -0.05) is 57.8 Å². The predicted octanol–water partition coefficient (Wildman–Crippen LogP) is 4.66. The average molecular weight is 252 g/mol. The van der Waals surface area contributed by atoms with Crippen molar-refractivity contribution in [3.8, 4) is 0 Å².